The largest absolute Gasteiger partial charge is 0.462 e. The van der Waals surface area contributed by atoms with Gasteiger partial charge in [-0.25, -0.2) is 13.9 Å². The molecule has 0 radical (unpaired) electrons. The van der Waals surface area contributed by atoms with E-state index in [1.165, 1.54) is 13.3 Å². The molecule has 3 N–H and O–H groups in total. The Morgan fingerprint density at radius 3 is 2.67 bits per heavy atom. The van der Waals surface area contributed by atoms with E-state index in [4.69, 9.17) is 24.3 Å². The maximum absolute atomic E-state index is 16.2. The molecule has 3 aromatic rings. The Hall–Kier alpha value is -3.32. The van der Waals surface area contributed by atoms with Gasteiger partial charge in [-0.15, -0.1) is 0 Å². The first-order chi connectivity index (χ1) is 19.9. The summed E-state index contributed by atoms with van der Waals surface area (Å²) in [7, 11) is -2.35. The SMILES string of the molecule is CC(C)OC(=O)[C@H](C)N[P@](=O)(OC[C@]1(F)C[C@H](C)[C@H](n2cnc3c(N(C)C4CC4)nc(N)nc32)O1)Oc1ccccc1. The predicted molar refractivity (Wildman–Crippen MR) is 153 cm³/mol. The number of imidazole rings is 1. The minimum Gasteiger partial charge on any atom is -0.462 e. The number of nitrogens with zero attached hydrogens (tertiary/aromatic N) is 5. The molecule has 5 atom stereocenters. The van der Waals surface area contributed by atoms with Crippen molar-refractivity contribution in [2.45, 2.75) is 77.2 Å². The van der Waals surface area contributed by atoms with Gasteiger partial charge in [-0.2, -0.15) is 15.1 Å². The van der Waals surface area contributed by atoms with Gasteiger partial charge in [0.25, 0.3) is 0 Å². The Labute approximate surface area is 243 Å². The van der Waals surface area contributed by atoms with Gasteiger partial charge in [0, 0.05) is 25.4 Å². The molecule has 1 aliphatic carbocycles. The van der Waals surface area contributed by atoms with Crippen LogP contribution in [0.5, 0.6) is 5.75 Å². The van der Waals surface area contributed by atoms with Gasteiger partial charge in [-0.1, -0.05) is 25.1 Å². The van der Waals surface area contributed by atoms with Crippen molar-refractivity contribution in [2.24, 2.45) is 5.92 Å². The second kappa shape index (κ2) is 11.8. The number of para-hydroxylation sites is 1. The number of halogens is 1. The van der Waals surface area contributed by atoms with Gasteiger partial charge < -0.3 is 24.6 Å². The fourth-order valence-corrected chi connectivity index (χ4v) is 6.41. The van der Waals surface area contributed by atoms with E-state index in [0.717, 1.165) is 12.8 Å². The van der Waals surface area contributed by atoms with Crippen LogP contribution < -0.4 is 20.2 Å². The number of nitrogen functional groups attached to an aromatic ring is 1. The molecule has 0 spiro atoms. The summed E-state index contributed by atoms with van der Waals surface area (Å²) in [5, 5.41) is 2.56. The molecule has 0 unspecified atom stereocenters. The average Bonchev–Trinajstić information content (AvgIpc) is 3.62. The number of fused-ring (bicyclic) bond motifs is 1. The van der Waals surface area contributed by atoms with E-state index in [1.807, 2.05) is 18.9 Å². The van der Waals surface area contributed by atoms with Crippen molar-refractivity contribution in [1.29, 1.82) is 0 Å². The molecule has 13 nitrogen and oxygen atoms in total. The Morgan fingerprint density at radius 2 is 2.00 bits per heavy atom. The second-order valence-electron chi connectivity index (χ2n) is 11.2. The molecule has 228 valence electrons. The maximum Gasteiger partial charge on any atom is 0.459 e. The number of aromatic nitrogens is 4. The van der Waals surface area contributed by atoms with Crippen molar-refractivity contribution in [2.75, 3.05) is 24.3 Å². The molecule has 5 rings (SSSR count). The molecule has 1 aliphatic heterocycles. The van der Waals surface area contributed by atoms with Crippen LogP contribution in [0.2, 0.25) is 0 Å². The number of ether oxygens (including phenoxy) is 2. The number of nitrogens with one attached hydrogen (secondary N) is 1. The predicted octanol–water partition coefficient (Wildman–Crippen LogP) is 4.36. The first kappa shape index (κ1) is 30.1. The molecule has 0 bridgehead atoms. The van der Waals surface area contributed by atoms with Gasteiger partial charge >= 0.3 is 13.7 Å². The van der Waals surface area contributed by atoms with Crippen LogP contribution in [0, 0.1) is 5.92 Å². The van der Waals surface area contributed by atoms with E-state index in [-0.39, 0.29) is 30.1 Å². The smallest absolute Gasteiger partial charge is 0.459 e. The number of carbonyl (C=O) groups is 1. The van der Waals surface area contributed by atoms with Crippen LogP contribution in [0.15, 0.2) is 36.7 Å². The lowest BCUT2D eigenvalue weighted by Crippen LogP contribution is -2.37. The van der Waals surface area contributed by atoms with Gasteiger partial charge in [0.15, 0.2) is 17.0 Å². The van der Waals surface area contributed by atoms with E-state index in [2.05, 4.69) is 20.0 Å². The quantitative estimate of drug-likeness (QED) is 0.222. The van der Waals surface area contributed by atoms with E-state index < -0.39 is 38.4 Å². The standard InChI is InChI=1S/C27H37FN7O6P/c1-16(2)39-25(36)18(4)33-42(37,41-20-9-7-6-8-10-20)38-14-27(28)13-17(3)24(40-27)35-15-30-21-22(34(5)19-11-12-19)31-26(29)32-23(21)35/h6-10,15-19,24H,11-14H2,1-5H3,(H,33,37)(H2,29,31,32)/t17-,18-,24+,27-,42-/m0/s1. The number of hydrogen-bond acceptors (Lipinski definition) is 11. The van der Waals surface area contributed by atoms with Crippen LogP contribution in [-0.4, -0.2) is 63.2 Å². The Kier molecular flexibility index (Phi) is 8.44. The first-order valence-electron chi connectivity index (χ1n) is 13.9. The fourth-order valence-electron chi connectivity index (χ4n) is 4.89. The summed E-state index contributed by atoms with van der Waals surface area (Å²) in [5.41, 5.74) is 6.99. The number of alkyl halides is 1. The third kappa shape index (κ3) is 6.67. The molecule has 2 fully saturated rings. The lowest BCUT2D eigenvalue weighted by Gasteiger charge is -2.26. The minimum absolute atomic E-state index is 0.0717. The molecule has 15 heteroatoms. The van der Waals surface area contributed by atoms with Crippen LogP contribution in [0.3, 0.4) is 0 Å². The lowest BCUT2D eigenvalue weighted by molar-refractivity contribution is -0.173. The monoisotopic (exact) mass is 605 g/mol. The van der Waals surface area contributed by atoms with Crippen molar-refractivity contribution in [3.63, 3.8) is 0 Å². The summed E-state index contributed by atoms with van der Waals surface area (Å²) in [6.07, 6.45) is 2.37. The average molecular weight is 606 g/mol. The molecule has 1 saturated heterocycles. The highest BCUT2D eigenvalue weighted by atomic mass is 31.2. The lowest BCUT2D eigenvalue weighted by atomic mass is 10.1. The summed E-state index contributed by atoms with van der Waals surface area (Å²) in [5.74, 6) is -2.47. The summed E-state index contributed by atoms with van der Waals surface area (Å²) in [4.78, 5) is 27.7. The Morgan fingerprint density at radius 1 is 1.29 bits per heavy atom. The van der Waals surface area contributed by atoms with Crippen LogP contribution in [0.1, 0.15) is 53.2 Å². The van der Waals surface area contributed by atoms with Crippen LogP contribution in [-0.2, 0) is 23.4 Å². The van der Waals surface area contributed by atoms with Gasteiger partial charge in [0.1, 0.15) is 24.6 Å². The topological polar surface area (TPSA) is 156 Å². The fraction of sp³-hybridized carbons (Fsp3) is 0.556. The van der Waals surface area contributed by atoms with Crippen LogP contribution in [0.4, 0.5) is 16.2 Å². The zero-order valence-electron chi connectivity index (χ0n) is 24.3. The van der Waals surface area contributed by atoms with E-state index in [0.29, 0.717) is 23.0 Å². The third-order valence-corrected chi connectivity index (χ3v) is 8.67. The van der Waals surface area contributed by atoms with Crippen molar-refractivity contribution < 1.29 is 32.3 Å². The van der Waals surface area contributed by atoms with Crippen molar-refractivity contribution >= 4 is 36.6 Å². The maximum atomic E-state index is 16.2. The van der Waals surface area contributed by atoms with E-state index in [1.54, 1.807) is 48.7 Å². The third-order valence-electron chi connectivity index (χ3n) is 7.04. The number of nitrogens with two attached hydrogens (primary N) is 1. The molecule has 2 aliphatic rings. The van der Waals surface area contributed by atoms with Crippen LogP contribution in [0.25, 0.3) is 11.2 Å². The number of hydrogen-bond donors (Lipinski definition) is 2. The summed E-state index contributed by atoms with van der Waals surface area (Å²) in [6.45, 7) is 5.92. The van der Waals surface area contributed by atoms with Crippen LogP contribution >= 0.6 is 7.75 Å². The van der Waals surface area contributed by atoms with Gasteiger partial charge in [-0.05, 0) is 45.7 Å². The second-order valence-corrected chi connectivity index (χ2v) is 12.9. The Balaban J connectivity index is 1.34. The molecule has 1 saturated carbocycles. The minimum atomic E-state index is -4.29. The normalized spacial score (nSPS) is 24.5. The molecule has 0 amide bonds. The number of rotatable bonds is 12. The highest BCUT2D eigenvalue weighted by molar-refractivity contribution is 7.52. The highest BCUT2D eigenvalue weighted by Crippen LogP contribution is 2.49. The number of anilines is 2. The zero-order valence-corrected chi connectivity index (χ0v) is 25.2. The molecule has 2 aromatic heterocycles. The van der Waals surface area contributed by atoms with Gasteiger partial charge in [0.05, 0.1) is 12.4 Å². The summed E-state index contributed by atoms with van der Waals surface area (Å²) >= 11 is 0. The number of benzene rings is 1. The molecule has 1 aromatic carbocycles. The Bertz CT molecular complexity index is 1470. The van der Waals surface area contributed by atoms with E-state index in [9.17, 15) is 9.36 Å². The molecular weight excluding hydrogens is 568 g/mol. The van der Waals surface area contributed by atoms with Gasteiger partial charge in [0.2, 0.25) is 11.8 Å². The molecular formula is C27H37FN7O6P. The molecule has 42 heavy (non-hydrogen) atoms. The van der Waals surface area contributed by atoms with Crippen molar-refractivity contribution in [3.05, 3.63) is 36.7 Å². The summed E-state index contributed by atoms with van der Waals surface area (Å²) in [6, 6.07) is 7.54. The number of carbonyl (C=O) groups excluding carboxylic acids is 1. The van der Waals surface area contributed by atoms with E-state index >= 15 is 4.39 Å². The number of esters is 1. The van der Waals surface area contributed by atoms with Gasteiger partial charge in [-0.3, -0.25) is 13.9 Å². The highest BCUT2D eigenvalue weighted by Gasteiger charge is 2.49. The van der Waals surface area contributed by atoms with Crippen molar-refractivity contribution in [3.8, 4) is 5.75 Å². The summed E-state index contributed by atoms with van der Waals surface area (Å²) < 4.78 is 53.9. The zero-order chi connectivity index (χ0) is 30.2. The first-order valence-corrected chi connectivity index (χ1v) is 15.5. The van der Waals surface area contributed by atoms with Crippen molar-refractivity contribution in [1.82, 2.24) is 24.6 Å². The molecule has 3 heterocycles.